The quantitative estimate of drug-likeness (QED) is 0.677. The first-order chi connectivity index (χ1) is 6.31. The number of aromatic amines is 1. The molecule has 0 aliphatic heterocycles. The lowest BCUT2D eigenvalue weighted by atomic mass is 10.3. The molecule has 2 aromatic heterocycles. The van der Waals surface area contributed by atoms with Crippen molar-refractivity contribution < 1.29 is 4.79 Å². The van der Waals surface area contributed by atoms with Crippen LogP contribution in [0.5, 0.6) is 0 Å². The van der Waals surface area contributed by atoms with E-state index in [1.165, 1.54) is 0 Å². The standard InChI is InChI=1S/C9H9N3O/c1-10-9(13)7-4-6-2-3-11-5-8(6)12-7/h2-5,12H,1H3,(H,10,13). The van der Waals surface area contributed by atoms with E-state index in [1.807, 2.05) is 6.07 Å². The molecule has 0 saturated heterocycles. The smallest absolute Gasteiger partial charge is 0.267 e. The molecule has 0 aromatic carbocycles. The number of nitrogens with zero attached hydrogens (tertiary/aromatic N) is 1. The average Bonchev–Trinajstić information content (AvgIpc) is 2.59. The van der Waals surface area contributed by atoms with Gasteiger partial charge in [0.25, 0.3) is 5.91 Å². The van der Waals surface area contributed by atoms with E-state index < -0.39 is 0 Å². The largest absolute Gasteiger partial charge is 0.354 e. The average molecular weight is 175 g/mol. The third-order valence-corrected chi connectivity index (χ3v) is 1.90. The number of hydrogen-bond donors (Lipinski definition) is 2. The van der Waals surface area contributed by atoms with E-state index in [4.69, 9.17) is 0 Å². The molecular formula is C9H9N3O. The zero-order valence-electron chi connectivity index (χ0n) is 7.16. The molecule has 0 spiro atoms. The van der Waals surface area contributed by atoms with E-state index in [1.54, 1.807) is 25.5 Å². The number of pyridine rings is 1. The Balaban J connectivity index is 2.56. The summed E-state index contributed by atoms with van der Waals surface area (Å²) in [4.78, 5) is 18.1. The first kappa shape index (κ1) is 7.79. The van der Waals surface area contributed by atoms with Crippen LogP contribution in [0.15, 0.2) is 24.5 Å². The maximum absolute atomic E-state index is 11.2. The number of amides is 1. The first-order valence-corrected chi connectivity index (χ1v) is 3.96. The van der Waals surface area contributed by atoms with E-state index >= 15 is 0 Å². The van der Waals surface area contributed by atoms with Gasteiger partial charge in [-0.2, -0.15) is 0 Å². The van der Waals surface area contributed by atoms with Gasteiger partial charge in [-0.3, -0.25) is 9.78 Å². The van der Waals surface area contributed by atoms with Gasteiger partial charge in [0.1, 0.15) is 5.69 Å². The van der Waals surface area contributed by atoms with Gasteiger partial charge in [0.05, 0.1) is 11.7 Å². The van der Waals surface area contributed by atoms with E-state index in [0.29, 0.717) is 5.69 Å². The monoisotopic (exact) mass is 175 g/mol. The summed E-state index contributed by atoms with van der Waals surface area (Å²) < 4.78 is 0. The minimum Gasteiger partial charge on any atom is -0.354 e. The molecule has 4 heteroatoms. The number of carbonyl (C=O) groups is 1. The Labute approximate surface area is 75.0 Å². The van der Waals surface area contributed by atoms with Crippen LogP contribution in [0.1, 0.15) is 10.5 Å². The van der Waals surface area contributed by atoms with Crippen molar-refractivity contribution in [1.29, 1.82) is 0 Å². The van der Waals surface area contributed by atoms with Crippen molar-refractivity contribution in [2.45, 2.75) is 0 Å². The highest BCUT2D eigenvalue weighted by Gasteiger charge is 2.06. The molecule has 2 rings (SSSR count). The van der Waals surface area contributed by atoms with Gasteiger partial charge in [0, 0.05) is 18.6 Å². The highest BCUT2D eigenvalue weighted by Crippen LogP contribution is 2.12. The summed E-state index contributed by atoms with van der Waals surface area (Å²) in [6.07, 6.45) is 3.39. The SMILES string of the molecule is CNC(=O)c1cc2ccncc2[nH]1. The molecule has 0 fully saturated rings. The molecule has 0 aliphatic carbocycles. The van der Waals surface area contributed by atoms with Gasteiger partial charge >= 0.3 is 0 Å². The Kier molecular flexibility index (Phi) is 1.73. The highest BCUT2D eigenvalue weighted by molar-refractivity contribution is 5.97. The predicted molar refractivity (Wildman–Crippen MR) is 49.5 cm³/mol. The van der Waals surface area contributed by atoms with Gasteiger partial charge in [-0.15, -0.1) is 0 Å². The van der Waals surface area contributed by atoms with Gasteiger partial charge < -0.3 is 10.3 Å². The molecule has 0 saturated carbocycles. The van der Waals surface area contributed by atoms with Gasteiger partial charge in [0.15, 0.2) is 0 Å². The number of rotatable bonds is 1. The molecule has 4 nitrogen and oxygen atoms in total. The fraction of sp³-hybridized carbons (Fsp3) is 0.111. The van der Waals surface area contributed by atoms with Crippen molar-refractivity contribution in [3.05, 3.63) is 30.2 Å². The minimum absolute atomic E-state index is 0.115. The number of aromatic nitrogens is 2. The second-order valence-corrected chi connectivity index (χ2v) is 2.73. The zero-order valence-corrected chi connectivity index (χ0v) is 7.16. The van der Waals surface area contributed by atoms with Crippen molar-refractivity contribution in [3.8, 4) is 0 Å². The maximum atomic E-state index is 11.2. The fourth-order valence-corrected chi connectivity index (χ4v) is 1.23. The Bertz CT molecular complexity index is 414. The fourth-order valence-electron chi connectivity index (χ4n) is 1.23. The van der Waals surface area contributed by atoms with Crippen molar-refractivity contribution >= 4 is 16.8 Å². The molecule has 1 amide bonds. The zero-order chi connectivity index (χ0) is 9.26. The summed E-state index contributed by atoms with van der Waals surface area (Å²) in [7, 11) is 1.60. The molecule has 2 aromatic rings. The summed E-state index contributed by atoms with van der Waals surface area (Å²) in [5.41, 5.74) is 1.44. The lowest BCUT2D eigenvalue weighted by molar-refractivity contribution is 0.0959. The third-order valence-electron chi connectivity index (χ3n) is 1.90. The maximum Gasteiger partial charge on any atom is 0.267 e. The summed E-state index contributed by atoms with van der Waals surface area (Å²) in [5, 5.41) is 3.55. The Morgan fingerprint density at radius 2 is 2.46 bits per heavy atom. The van der Waals surface area contributed by atoms with Crippen LogP contribution in [0.3, 0.4) is 0 Å². The molecule has 0 bridgehead atoms. The van der Waals surface area contributed by atoms with Crippen LogP contribution < -0.4 is 5.32 Å². The molecular weight excluding hydrogens is 166 g/mol. The van der Waals surface area contributed by atoms with Crippen LogP contribution in [-0.4, -0.2) is 22.9 Å². The molecule has 66 valence electrons. The minimum atomic E-state index is -0.115. The Morgan fingerprint density at radius 1 is 1.62 bits per heavy atom. The van der Waals surface area contributed by atoms with Crippen LogP contribution >= 0.6 is 0 Å². The number of nitrogens with one attached hydrogen (secondary N) is 2. The predicted octanol–water partition coefficient (Wildman–Crippen LogP) is 0.922. The van der Waals surface area contributed by atoms with Crippen LogP contribution in [0.25, 0.3) is 10.9 Å². The van der Waals surface area contributed by atoms with Crippen molar-refractivity contribution in [2.24, 2.45) is 0 Å². The van der Waals surface area contributed by atoms with Crippen molar-refractivity contribution in [3.63, 3.8) is 0 Å². The van der Waals surface area contributed by atoms with E-state index in [0.717, 1.165) is 10.9 Å². The third kappa shape index (κ3) is 1.26. The molecule has 13 heavy (non-hydrogen) atoms. The van der Waals surface area contributed by atoms with Gasteiger partial charge in [-0.1, -0.05) is 0 Å². The molecule has 0 atom stereocenters. The lowest BCUT2D eigenvalue weighted by Crippen LogP contribution is -2.17. The van der Waals surface area contributed by atoms with E-state index in [2.05, 4.69) is 15.3 Å². The summed E-state index contributed by atoms with van der Waals surface area (Å²) in [6, 6.07) is 3.66. The van der Waals surface area contributed by atoms with Gasteiger partial charge in [-0.05, 0) is 12.1 Å². The first-order valence-electron chi connectivity index (χ1n) is 3.96. The van der Waals surface area contributed by atoms with Crippen LogP contribution in [0, 0.1) is 0 Å². The number of carbonyl (C=O) groups excluding carboxylic acids is 1. The summed E-state index contributed by atoms with van der Waals surface area (Å²) in [6.45, 7) is 0. The topological polar surface area (TPSA) is 57.8 Å². The van der Waals surface area contributed by atoms with Gasteiger partial charge in [0.2, 0.25) is 0 Å². The van der Waals surface area contributed by atoms with Crippen LogP contribution in [0.4, 0.5) is 0 Å². The molecule has 0 radical (unpaired) electrons. The highest BCUT2D eigenvalue weighted by atomic mass is 16.1. The Morgan fingerprint density at radius 3 is 3.15 bits per heavy atom. The van der Waals surface area contributed by atoms with Crippen molar-refractivity contribution in [1.82, 2.24) is 15.3 Å². The molecule has 0 unspecified atom stereocenters. The number of fused-ring (bicyclic) bond motifs is 1. The van der Waals surface area contributed by atoms with Crippen molar-refractivity contribution in [2.75, 3.05) is 7.05 Å². The van der Waals surface area contributed by atoms with Crippen LogP contribution in [0.2, 0.25) is 0 Å². The second-order valence-electron chi connectivity index (χ2n) is 2.73. The molecule has 2 heterocycles. The Hall–Kier alpha value is -1.84. The molecule has 0 aliphatic rings. The number of H-pyrrole nitrogens is 1. The van der Waals surface area contributed by atoms with Crippen LogP contribution in [-0.2, 0) is 0 Å². The second kappa shape index (κ2) is 2.90. The number of hydrogen-bond acceptors (Lipinski definition) is 2. The normalized spacial score (nSPS) is 10.2. The van der Waals surface area contributed by atoms with E-state index in [9.17, 15) is 4.79 Å². The molecule has 2 N–H and O–H groups in total. The van der Waals surface area contributed by atoms with Gasteiger partial charge in [-0.25, -0.2) is 0 Å². The summed E-state index contributed by atoms with van der Waals surface area (Å²) in [5.74, 6) is -0.115. The summed E-state index contributed by atoms with van der Waals surface area (Å²) >= 11 is 0. The lowest BCUT2D eigenvalue weighted by Gasteiger charge is -1.92. The van der Waals surface area contributed by atoms with E-state index in [-0.39, 0.29) is 5.91 Å².